The van der Waals surface area contributed by atoms with Crippen LogP contribution in [0.1, 0.15) is 84.3 Å². The van der Waals surface area contributed by atoms with Crippen molar-refractivity contribution in [3.05, 3.63) is 59.2 Å². The Hall–Kier alpha value is -3.54. The molecular formula is C35H47F3N4O5. The summed E-state index contributed by atoms with van der Waals surface area (Å²) in [6.45, 7) is 14.3. The highest BCUT2D eigenvalue weighted by Gasteiger charge is 2.48. The van der Waals surface area contributed by atoms with Crippen molar-refractivity contribution in [2.24, 2.45) is 5.92 Å². The SMILES string of the molecule is CC(C)(C)OC(=O)N1CC(N2CCC(CCN(C(=O)OC(C)(C)C)[C@@H]3C[C@H]3c3cc(F)cc(F)c3OCc3cccnc3F)CC2)C1. The number of aromatic nitrogens is 1. The van der Waals surface area contributed by atoms with Gasteiger partial charge in [0.05, 0.1) is 0 Å². The maximum Gasteiger partial charge on any atom is 0.410 e. The lowest BCUT2D eigenvalue weighted by atomic mass is 9.91. The Morgan fingerprint density at radius 2 is 1.68 bits per heavy atom. The van der Waals surface area contributed by atoms with Crippen molar-refractivity contribution in [1.29, 1.82) is 0 Å². The quantitative estimate of drug-likeness (QED) is 0.271. The van der Waals surface area contributed by atoms with Crippen LogP contribution in [0.25, 0.3) is 0 Å². The number of amides is 2. The number of ether oxygens (including phenoxy) is 3. The third kappa shape index (κ3) is 9.09. The van der Waals surface area contributed by atoms with Gasteiger partial charge in [0.2, 0.25) is 5.95 Å². The third-order valence-corrected chi connectivity index (χ3v) is 8.89. The Morgan fingerprint density at radius 3 is 2.32 bits per heavy atom. The zero-order valence-corrected chi connectivity index (χ0v) is 28.2. The first-order chi connectivity index (χ1) is 22.1. The molecule has 0 bridgehead atoms. The maximum absolute atomic E-state index is 15.0. The van der Waals surface area contributed by atoms with Crippen LogP contribution in [0.5, 0.6) is 5.75 Å². The summed E-state index contributed by atoms with van der Waals surface area (Å²) in [5, 5.41) is 0. The minimum Gasteiger partial charge on any atom is -0.485 e. The van der Waals surface area contributed by atoms with Crippen LogP contribution < -0.4 is 4.74 Å². The lowest BCUT2D eigenvalue weighted by molar-refractivity contribution is -0.0224. The van der Waals surface area contributed by atoms with Crippen LogP contribution in [0.3, 0.4) is 0 Å². The molecule has 5 rings (SSSR count). The fourth-order valence-electron chi connectivity index (χ4n) is 6.35. The van der Waals surface area contributed by atoms with Gasteiger partial charge in [-0.25, -0.2) is 23.4 Å². The Balaban J connectivity index is 1.19. The lowest BCUT2D eigenvalue weighted by Crippen LogP contribution is -2.62. The summed E-state index contributed by atoms with van der Waals surface area (Å²) >= 11 is 0. The molecule has 1 aromatic heterocycles. The third-order valence-electron chi connectivity index (χ3n) is 8.89. The van der Waals surface area contributed by atoms with E-state index >= 15 is 4.39 Å². The summed E-state index contributed by atoms with van der Waals surface area (Å²) in [7, 11) is 0. The lowest BCUT2D eigenvalue weighted by Gasteiger charge is -2.47. The van der Waals surface area contributed by atoms with Gasteiger partial charge in [-0.15, -0.1) is 0 Å². The van der Waals surface area contributed by atoms with E-state index in [0.29, 0.717) is 43.6 Å². The number of halogens is 3. The molecule has 0 spiro atoms. The summed E-state index contributed by atoms with van der Waals surface area (Å²) in [5.41, 5.74) is -0.777. The summed E-state index contributed by atoms with van der Waals surface area (Å²) in [5.74, 6) is -2.48. The molecule has 2 atom stereocenters. The second-order valence-corrected chi connectivity index (χ2v) is 14.9. The van der Waals surface area contributed by atoms with Gasteiger partial charge in [0.25, 0.3) is 0 Å². The smallest absolute Gasteiger partial charge is 0.410 e. The average molecular weight is 661 g/mol. The van der Waals surface area contributed by atoms with Crippen LogP contribution in [0.15, 0.2) is 30.5 Å². The molecule has 2 saturated heterocycles. The van der Waals surface area contributed by atoms with E-state index in [0.717, 1.165) is 38.4 Å². The van der Waals surface area contributed by atoms with Crippen molar-refractivity contribution < 1.29 is 37.0 Å². The van der Waals surface area contributed by atoms with Crippen LogP contribution in [-0.4, -0.2) is 87.9 Å². The van der Waals surface area contributed by atoms with E-state index in [9.17, 15) is 18.4 Å². The molecule has 47 heavy (non-hydrogen) atoms. The molecular weight excluding hydrogens is 613 g/mol. The van der Waals surface area contributed by atoms with Gasteiger partial charge in [-0.1, -0.05) is 0 Å². The second kappa shape index (κ2) is 13.9. The van der Waals surface area contributed by atoms with E-state index in [4.69, 9.17) is 14.2 Å². The van der Waals surface area contributed by atoms with E-state index in [-0.39, 0.29) is 36.0 Å². The van der Waals surface area contributed by atoms with Gasteiger partial charge in [0, 0.05) is 61.0 Å². The van der Waals surface area contributed by atoms with E-state index in [1.165, 1.54) is 18.3 Å². The first-order valence-corrected chi connectivity index (χ1v) is 16.5. The van der Waals surface area contributed by atoms with E-state index < -0.39 is 34.9 Å². The van der Waals surface area contributed by atoms with Crippen LogP contribution in [0.2, 0.25) is 0 Å². The molecule has 0 N–H and O–H groups in total. The zero-order valence-electron chi connectivity index (χ0n) is 28.2. The molecule has 1 saturated carbocycles. The number of hydrogen-bond acceptors (Lipinski definition) is 7. The number of nitrogens with zero attached hydrogens (tertiary/aromatic N) is 4. The summed E-state index contributed by atoms with van der Waals surface area (Å²) in [6.07, 6.45) is 3.78. The number of carbonyl (C=O) groups is 2. The predicted octanol–water partition coefficient (Wildman–Crippen LogP) is 6.89. The first kappa shape index (κ1) is 34.8. The molecule has 3 heterocycles. The van der Waals surface area contributed by atoms with Crippen molar-refractivity contribution in [3.8, 4) is 5.75 Å². The predicted molar refractivity (Wildman–Crippen MR) is 169 cm³/mol. The Bertz CT molecular complexity index is 1430. The Labute approximate surface area is 275 Å². The molecule has 9 nitrogen and oxygen atoms in total. The zero-order chi connectivity index (χ0) is 34.1. The number of pyridine rings is 1. The summed E-state index contributed by atoms with van der Waals surface area (Å²) in [6, 6.07) is 5.02. The number of hydrogen-bond donors (Lipinski definition) is 0. The molecule has 2 amide bonds. The minimum absolute atomic E-state index is 0.147. The van der Waals surface area contributed by atoms with Gasteiger partial charge in [-0.2, -0.15) is 4.39 Å². The molecule has 258 valence electrons. The highest BCUT2D eigenvalue weighted by molar-refractivity contribution is 5.70. The number of piperidine rings is 1. The monoisotopic (exact) mass is 660 g/mol. The van der Waals surface area contributed by atoms with Crippen LogP contribution in [0, 0.1) is 23.5 Å². The highest BCUT2D eigenvalue weighted by Crippen LogP contribution is 2.49. The Morgan fingerprint density at radius 1 is 1.00 bits per heavy atom. The molecule has 3 fully saturated rings. The standard InChI is InChI=1S/C35H47F3N4O5/c1-34(2,3)46-32(43)41-19-25(20-41)40-13-9-22(10-14-40)11-15-42(33(44)47-35(4,5)6)29-18-26(29)27-16-24(36)17-28(37)30(27)45-21-23-8-7-12-39-31(23)38/h7-8,12,16-17,22,25-26,29H,9-11,13-15,18-21H2,1-6H3/t26-,29+/m0/s1. The summed E-state index contributed by atoms with van der Waals surface area (Å²) in [4.78, 5) is 35.2. The van der Waals surface area contributed by atoms with Crippen LogP contribution in [0.4, 0.5) is 22.8 Å². The van der Waals surface area contributed by atoms with E-state index in [1.807, 2.05) is 20.8 Å². The number of benzene rings is 1. The van der Waals surface area contributed by atoms with Gasteiger partial charge in [0.1, 0.15) is 23.6 Å². The molecule has 1 aliphatic carbocycles. The average Bonchev–Trinajstić information content (AvgIpc) is 3.71. The Kier molecular flexibility index (Phi) is 10.3. The molecule has 0 radical (unpaired) electrons. The first-order valence-electron chi connectivity index (χ1n) is 16.5. The molecule has 3 aliphatic rings. The number of likely N-dealkylation sites (tertiary alicyclic amines) is 2. The number of rotatable bonds is 9. The molecule has 0 unspecified atom stereocenters. The maximum atomic E-state index is 15.0. The van der Waals surface area contributed by atoms with Crippen LogP contribution in [-0.2, 0) is 16.1 Å². The van der Waals surface area contributed by atoms with E-state index in [2.05, 4.69) is 9.88 Å². The topological polar surface area (TPSA) is 84.4 Å². The van der Waals surface area contributed by atoms with Crippen molar-refractivity contribution in [3.63, 3.8) is 0 Å². The highest BCUT2D eigenvalue weighted by atomic mass is 19.1. The van der Waals surface area contributed by atoms with Gasteiger partial charge < -0.3 is 24.0 Å². The van der Waals surface area contributed by atoms with Crippen molar-refractivity contribution in [1.82, 2.24) is 19.7 Å². The van der Waals surface area contributed by atoms with E-state index in [1.54, 1.807) is 36.6 Å². The minimum atomic E-state index is -0.883. The van der Waals surface area contributed by atoms with Crippen molar-refractivity contribution >= 4 is 12.2 Å². The van der Waals surface area contributed by atoms with Crippen LogP contribution >= 0.6 is 0 Å². The fourth-order valence-corrected chi connectivity index (χ4v) is 6.35. The normalized spacial score (nSPS) is 20.8. The molecule has 12 heteroatoms. The van der Waals surface area contributed by atoms with Crippen molar-refractivity contribution in [2.45, 2.75) is 103 Å². The van der Waals surface area contributed by atoms with Gasteiger partial charge in [-0.05, 0) is 104 Å². The summed E-state index contributed by atoms with van der Waals surface area (Å²) < 4.78 is 60.6. The second-order valence-electron chi connectivity index (χ2n) is 14.9. The fraction of sp³-hybridized carbons (Fsp3) is 0.629. The van der Waals surface area contributed by atoms with Gasteiger partial charge in [0.15, 0.2) is 11.6 Å². The molecule has 2 aliphatic heterocycles. The van der Waals surface area contributed by atoms with Gasteiger partial charge in [-0.3, -0.25) is 4.90 Å². The van der Waals surface area contributed by atoms with Gasteiger partial charge >= 0.3 is 12.2 Å². The van der Waals surface area contributed by atoms with Crippen molar-refractivity contribution in [2.75, 3.05) is 32.7 Å². The largest absolute Gasteiger partial charge is 0.485 e. The number of carbonyl (C=O) groups excluding carboxylic acids is 2. The molecule has 2 aromatic rings. The molecule has 1 aromatic carbocycles.